The van der Waals surface area contributed by atoms with Gasteiger partial charge in [-0.25, -0.2) is 9.59 Å². The fourth-order valence-corrected chi connectivity index (χ4v) is 5.21. The lowest BCUT2D eigenvalue weighted by Gasteiger charge is -2.26. The molecule has 0 radical (unpaired) electrons. The van der Waals surface area contributed by atoms with Gasteiger partial charge in [0.1, 0.15) is 17.6 Å². The second-order valence-corrected chi connectivity index (χ2v) is 11.7. The normalized spacial score (nSPS) is 12.7. The lowest BCUT2D eigenvalue weighted by Crippen LogP contribution is -2.35. The van der Waals surface area contributed by atoms with Gasteiger partial charge in [0, 0.05) is 0 Å². The van der Waals surface area contributed by atoms with Crippen LogP contribution < -0.4 is 9.47 Å². The Morgan fingerprint density at radius 3 is 1.70 bits per heavy atom. The van der Waals surface area contributed by atoms with Crippen LogP contribution >= 0.6 is 0 Å². The maximum absolute atomic E-state index is 13.6. The zero-order valence-electron chi connectivity index (χ0n) is 27.2. The van der Waals surface area contributed by atoms with Gasteiger partial charge < -0.3 is 14.2 Å². The van der Waals surface area contributed by atoms with Gasteiger partial charge in [-0.1, -0.05) is 95.9 Å². The van der Waals surface area contributed by atoms with Crippen molar-refractivity contribution in [2.45, 2.75) is 104 Å². The van der Waals surface area contributed by atoms with E-state index in [1.807, 2.05) is 43.3 Å². The first-order valence-electron chi connectivity index (χ1n) is 16.6. The van der Waals surface area contributed by atoms with E-state index in [-0.39, 0.29) is 17.7 Å². The Kier molecular flexibility index (Phi) is 15.1. The molecule has 0 aliphatic heterocycles. The molecular weight excluding hydrogens is 593 g/mol. The molecule has 0 aliphatic rings. The average Bonchev–Trinajstić information content (AvgIpc) is 3.04. The molecule has 0 aliphatic carbocycles. The zero-order chi connectivity index (χ0) is 33.4. The molecule has 0 saturated heterocycles. The van der Waals surface area contributed by atoms with Crippen LogP contribution in [0.15, 0.2) is 72.8 Å². The van der Waals surface area contributed by atoms with Gasteiger partial charge in [-0.3, -0.25) is 0 Å². The summed E-state index contributed by atoms with van der Waals surface area (Å²) in [7, 11) is 0. The highest BCUT2D eigenvalue weighted by Crippen LogP contribution is 2.35. The molecule has 46 heavy (non-hydrogen) atoms. The molecule has 0 unspecified atom stereocenters. The number of hydrogen-bond donors (Lipinski definition) is 0. The summed E-state index contributed by atoms with van der Waals surface area (Å²) in [6.45, 7) is 6.18. The predicted molar refractivity (Wildman–Crippen MR) is 175 cm³/mol. The maximum atomic E-state index is 13.6. The monoisotopic (exact) mass is 640 g/mol. The van der Waals surface area contributed by atoms with Gasteiger partial charge >= 0.3 is 18.1 Å². The Morgan fingerprint density at radius 2 is 1.11 bits per heavy atom. The number of halogens is 3. The second kappa shape index (κ2) is 19.0. The van der Waals surface area contributed by atoms with Crippen molar-refractivity contribution in [2.75, 3.05) is 6.61 Å². The lowest BCUT2D eigenvalue weighted by atomic mass is 9.95. The van der Waals surface area contributed by atoms with Crippen molar-refractivity contribution in [1.82, 2.24) is 0 Å². The average molecular weight is 641 g/mol. The van der Waals surface area contributed by atoms with Crippen molar-refractivity contribution in [3.8, 4) is 22.6 Å². The van der Waals surface area contributed by atoms with E-state index in [1.54, 1.807) is 12.1 Å². The molecule has 0 aromatic heterocycles. The van der Waals surface area contributed by atoms with Crippen LogP contribution in [0, 0.1) is 5.92 Å². The van der Waals surface area contributed by atoms with E-state index in [1.165, 1.54) is 63.3 Å². The van der Waals surface area contributed by atoms with Crippen LogP contribution in [0.5, 0.6) is 11.5 Å². The summed E-state index contributed by atoms with van der Waals surface area (Å²) in [5.74, 6) is -2.15. The molecule has 3 rings (SSSR count). The van der Waals surface area contributed by atoms with E-state index in [0.717, 1.165) is 36.1 Å². The van der Waals surface area contributed by atoms with Gasteiger partial charge in [0.05, 0.1) is 23.7 Å². The van der Waals surface area contributed by atoms with E-state index >= 15 is 0 Å². The number of alkyl halides is 3. The van der Waals surface area contributed by atoms with Gasteiger partial charge in [0.2, 0.25) is 0 Å². The first-order chi connectivity index (χ1) is 22.1. The molecule has 8 heteroatoms. The number of unbranched alkanes of at least 4 members (excludes halogenated alkanes) is 8. The van der Waals surface area contributed by atoms with Crippen LogP contribution in [0.3, 0.4) is 0 Å². The fourth-order valence-electron chi connectivity index (χ4n) is 5.21. The van der Waals surface area contributed by atoms with Crippen molar-refractivity contribution in [3.63, 3.8) is 0 Å². The molecule has 3 aromatic rings. The second-order valence-electron chi connectivity index (χ2n) is 11.7. The Balaban J connectivity index is 1.49. The highest BCUT2D eigenvalue weighted by molar-refractivity contribution is 5.92. The quantitative estimate of drug-likeness (QED) is 0.0741. The summed E-state index contributed by atoms with van der Waals surface area (Å²) in [6.07, 6.45) is 4.33. The van der Waals surface area contributed by atoms with Crippen molar-refractivity contribution < 1.29 is 37.0 Å². The Morgan fingerprint density at radius 1 is 0.630 bits per heavy atom. The SMILES string of the molecule is CCCCCCCCOc1ccc(-c2ccc(C(=O)Oc3ccc(C(=O)O[C@@H](C)[C@H](CCCCCC)C(F)(F)F)cc3)cc2)cc1. The van der Waals surface area contributed by atoms with Crippen molar-refractivity contribution >= 4 is 11.9 Å². The standard InChI is InChI=1S/C38H47F3O5/c1-4-6-8-10-11-13-27-44-33-23-19-30(20-24-33)29-15-17-31(18-16-29)37(43)46-34-25-21-32(22-26-34)36(42)45-28(3)35(38(39,40)41)14-12-9-7-5-2/h15-26,28,35H,4-14,27H2,1-3H3/t28-,35-/m0/s1. The summed E-state index contributed by atoms with van der Waals surface area (Å²) in [6, 6.07) is 20.4. The third-order valence-electron chi connectivity index (χ3n) is 8.02. The molecule has 3 aromatic carbocycles. The van der Waals surface area contributed by atoms with E-state index in [2.05, 4.69) is 6.92 Å². The van der Waals surface area contributed by atoms with Crippen molar-refractivity contribution in [2.24, 2.45) is 5.92 Å². The molecule has 0 bridgehead atoms. The third kappa shape index (κ3) is 12.2. The summed E-state index contributed by atoms with van der Waals surface area (Å²) in [5.41, 5.74) is 2.34. The molecule has 0 saturated carbocycles. The first-order valence-corrected chi connectivity index (χ1v) is 16.6. The number of carbonyl (C=O) groups excluding carboxylic acids is 2. The van der Waals surface area contributed by atoms with Gasteiger partial charge in [-0.05, 0) is 79.4 Å². The zero-order valence-corrected chi connectivity index (χ0v) is 27.2. The van der Waals surface area contributed by atoms with E-state index < -0.39 is 30.1 Å². The van der Waals surface area contributed by atoms with Crippen molar-refractivity contribution in [3.05, 3.63) is 83.9 Å². The minimum Gasteiger partial charge on any atom is -0.494 e. The van der Waals surface area contributed by atoms with Crippen molar-refractivity contribution in [1.29, 1.82) is 0 Å². The van der Waals surface area contributed by atoms with Crippen LogP contribution in [0.4, 0.5) is 13.2 Å². The lowest BCUT2D eigenvalue weighted by molar-refractivity contribution is -0.199. The molecule has 0 spiro atoms. The first kappa shape index (κ1) is 36.7. The Hall–Kier alpha value is -3.81. The van der Waals surface area contributed by atoms with Crippen LogP contribution in [0.2, 0.25) is 0 Å². The molecule has 0 fully saturated rings. The van der Waals surface area contributed by atoms with Gasteiger partial charge in [0.25, 0.3) is 0 Å². The number of hydrogen-bond acceptors (Lipinski definition) is 5. The van der Waals surface area contributed by atoms with Gasteiger partial charge in [0.15, 0.2) is 0 Å². The summed E-state index contributed by atoms with van der Waals surface area (Å²) in [5, 5.41) is 0. The van der Waals surface area contributed by atoms with Crippen LogP contribution in [0.25, 0.3) is 11.1 Å². The molecule has 0 amide bonds. The number of carbonyl (C=O) groups is 2. The number of esters is 2. The topological polar surface area (TPSA) is 61.8 Å². The maximum Gasteiger partial charge on any atom is 0.395 e. The largest absolute Gasteiger partial charge is 0.494 e. The van der Waals surface area contributed by atoms with Gasteiger partial charge in [-0.15, -0.1) is 0 Å². The molecule has 0 heterocycles. The molecule has 0 N–H and O–H groups in total. The minimum absolute atomic E-state index is 0.0711. The van der Waals surface area contributed by atoms with Gasteiger partial charge in [-0.2, -0.15) is 13.2 Å². The van der Waals surface area contributed by atoms with Crippen LogP contribution in [0.1, 0.15) is 112 Å². The number of rotatable bonds is 19. The smallest absolute Gasteiger partial charge is 0.395 e. The Bertz CT molecular complexity index is 1320. The molecule has 2 atom stereocenters. The number of ether oxygens (including phenoxy) is 3. The summed E-state index contributed by atoms with van der Waals surface area (Å²) < 4.78 is 57.3. The van der Waals surface area contributed by atoms with Crippen LogP contribution in [-0.4, -0.2) is 30.8 Å². The highest BCUT2D eigenvalue weighted by atomic mass is 19.4. The highest BCUT2D eigenvalue weighted by Gasteiger charge is 2.44. The minimum atomic E-state index is -4.46. The van der Waals surface area contributed by atoms with E-state index in [9.17, 15) is 22.8 Å². The fraction of sp³-hybridized carbons (Fsp3) is 0.474. The summed E-state index contributed by atoms with van der Waals surface area (Å²) in [4.78, 5) is 25.3. The summed E-state index contributed by atoms with van der Waals surface area (Å²) >= 11 is 0. The molecule has 5 nitrogen and oxygen atoms in total. The number of benzene rings is 3. The van der Waals surface area contributed by atoms with E-state index in [4.69, 9.17) is 14.2 Å². The van der Waals surface area contributed by atoms with E-state index in [0.29, 0.717) is 25.0 Å². The van der Waals surface area contributed by atoms with Crippen LogP contribution in [-0.2, 0) is 4.74 Å². The third-order valence-corrected chi connectivity index (χ3v) is 8.02. The predicted octanol–water partition coefficient (Wildman–Crippen LogP) is 11.0. The molecular formula is C38H47F3O5. The molecule has 250 valence electrons. The Labute approximate surface area is 271 Å².